The van der Waals surface area contributed by atoms with E-state index in [4.69, 9.17) is 14.2 Å². The van der Waals surface area contributed by atoms with E-state index in [9.17, 15) is 15.0 Å². The second-order valence-corrected chi connectivity index (χ2v) is 6.01. The minimum atomic E-state index is -1.17. The van der Waals surface area contributed by atoms with Crippen molar-refractivity contribution in [3.8, 4) is 11.5 Å². The van der Waals surface area contributed by atoms with Crippen LogP contribution < -0.4 is 14.8 Å². The maximum Gasteiger partial charge on any atom is 0.407 e. The molecule has 3 N–H and O–H groups in total. The largest absolute Gasteiger partial charge is 0.454 e. The third kappa shape index (κ3) is 4.25. The summed E-state index contributed by atoms with van der Waals surface area (Å²) in [5, 5.41) is 22.5. The molecule has 1 heterocycles. The maximum atomic E-state index is 11.5. The van der Waals surface area contributed by atoms with Crippen molar-refractivity contribution in [1.29, 1.82) is 0 Å². The molecule has 0 bridgehead atoms. The molecule has 7 heteroatoms. The molecule has 122 valence electrons. The number of ether oxygens (including phenoxy) is 3. The fourth-order valence-corrected chi connectivity index (χ4v) is 1.93. The molecular formula is C15H21NO6. The zero-order valence-electron chi connectivity index (χ0n) is 12.8. The van der Waals surface area contributed by atoms with E-state index in [1.165, 1.54) is 0 Å². The number of amides is 1. The molecule has 1 amide bonds. The predicted octanol–water partition coefficient (Wildman–Crippen LogP) is 1.33. The van der Waals surface area contributed by atoms with E-state index in [-0.39, 0.29) is 13.3 Å². The van der Waals surface area contributed by atoms with Crippen LogP contribution in [0.15, 0.2) is 18.2 Å². The number of alkyl carbamates (subject to hydrolysis) is 1. The van der Waals surface area contributed by atoms with Crippen molar-refractivity contribution in [2.24, 2.45) is 0 Å². The van der Waals surface area contributed by atoms with E-state index in [0.29, 0.717) is 17.1 Å². The molecule has 0 aromatic heterocycles. The van der Waals surface area contributed by atoms with Gasteiger partial charge in [0.15, 0.2) is 11.5 Å². The molecule has 1 aliphatic rings. The van der Waals surface area contributed by atoms with Crippen LogP contribution in [0.25, 0.3) is 0 Å². The second-order valence-electron chi connectivity index (χ2n) is 6.01. The van der Waals surface area contributed by atoms with Crippen LogP contribution >= 0.6 is 0 Å². The fraction of sp³-hybridized carbons (Fsp3) is 0.533. The first-order valence-corrected chi connectivity index (χ1v) is 6.99. The number of carbonyl (C=O) groups excluding carboxylic acids is 1. The molecule has 0 saturated carbocycles. The minimum Gasteiger partial charge on any atom is -0.454 e. The third-order valence-electron chi connectivity index (χ3n) is 2.96. The first kappa shape index (κ1) is 16.4. The number of rotatable bonds is 4. The molecule has 1 aromatic rings. The first-order chi connectivity index (χ1) is 10.3. The minimum absolute atomic E-state index is 0.134. The molecule has 7 nitrogen and oxygen atoms in total. The summed E-state index contributed by atoms with van der Waals surface area (Å²) in [5.41, 5.74) is -0.145. The lowest BCUT2D eigenvalue weighted by atomic mass is 10.0. The van der Waals surface area contributed by atoms with Gasteiger partial charge in [-0.25, -0.2) is 4.79 Å². The summed E-state index contributed by atoms with van der Waals surface area (Å²) in [5.74, 6) is 1.11. The van der Waals surface area contributed by atoms with E-state index in [1.54, 1.807) is 39.0 Å². The van der Waals surface area contributed by atoms with Gasteiger partial charge in [-0.15, -0.1) is 0 Å². The van der Waals surface area contributed by atoms with Crippen LogP contribution in [-0.4, -0.2) is 41.3 Å². The quantitative estimate of drug-likeness (QED) is 0.776. The average Bonchev–Trinajstić information content (AvgIpc) is 2.89. The van der Waals surface area contributed by atoms with Crippen LogP contribution in [0.4, 0.5) is 4.79 Å². The highest BCUT2D eigenvalue weighted by atomic mass is 16.7. The van der Waals surface area contributed by atoms with Gasteiger partial charge in [0, 0.05) is 6.54 Å². The number of hydrogen-bond donors (Lipinski definition) is 3. The van der Waals surface area contributed by atoms with Crippen molar-refractivity contribution in [2.45, 2.75) is 38.6 Å². The molecule has 0 spiro atoms. The zero-order chi connectivity index (χ0) is 16.3. The Labute approximate surface area is 128 Å². The van der Waals surface area contributed by atoms with E-state index in [0.717, 1.165) is 0 Å². The number of carbonyl (C=O) groups is 1. The molecule has 1 aliphatic heterocycles. The smallest absolute Gasteiger partial charge is 0.407 e. The predicted molar refractivity (Wildman–Crippen MR) is 77.8 cm³/mol. The van der Waals surface area contributed by atoms with Crippen molar-refractivity contribution in [3.63, 3.8) is 0 Å². The van der Waals surface area contributed by atoms with Crippen molar-refractivity contribution in [3.05, 3.63) is 23.8 Å². The molecule has 0 aliphatic carbocycles. The maximum absolute atomic E-state index is 11.5. The van der Waals surface area contributed by atoms with Gasteiger partial charge in [-0.05, 0) is 38.5 Å². The van der Waals surface area contributed by atoms with Crippen LogP contribution in [0.5, 0.6) is 11.5 Å². The molecule has 1 aromatic carbocycles. The SMILES string of the molecule is CC(C)(C)OC(=O)NCC(O)C(O)c1ccc2c(c1)OCO2. The molecule has 0 fully saturated rings. The molecular weight excluding hydrogens is 290 g/mol. The Balaban J connectivity index is 1.89. The summed E-state index contributed by atoms with van der Waals surface area (Å²) in [6.45, 7) is 5.22. The lowest BCUT2D eigenvalue weighted by Gasteiger charge is -2.22. The lowest BCUT2D eigenvalue weighted by Crippen LogP contribution is -2.38. The van der Waals surface area contributed by atoms with Crippen LogP contribution in [0.3, 0.4) is 0 Å². The number of aliphatic hydroxyl groups is 2. The van der Waals surface area contributed by atoms with Gasteiger partial charge in [0.25, 0.3) is 0 Å². The van der Waals surface area contributed by atoms with E-state index < -0.39 is 23.9 Å². The normalized spacial score (nSPS) is 16.0. The third-order valence-corrected chi connectivity index (χ3v) is 2.96. The fourth-order valence-electron chi connectivity index (χ4n) is 1.93. The molecule has 22 heavy (non-hydrogen) atoms. The second kappa shape index (κ2) is 6.41. The van der Waals surface area contributed by atoms with Crippen molar-refractivity contribution >= 4 is 6.09 Å². The molecule has 2 unspecified atom stereocenters. The van der Waals surface area contributed by atoms with Gasteiger partial charge in [-0.3, -0.25) is 0 Å². The van der Waals surface area contributed by atoms with E-state index in [2.05, 4.69) is 5.32 Å². The Hall–Kier alpha value is -1.99. The highest BCUT2D eigenvalue weighted by molar-refractivity contribution is 5.67. The Bertz CT molecular complexity index is 539. The van der Waals surface area contributed by atoms with Crippen LogP contribution in [0.2, 0.25) is 0 Å². The molecule has 2 rings (SSSR count). The Kier molecular flexibility index (Phi) is 4.77. The number of benzene rings is 1. The van der Waals surface area contributed by atoms with Gasteiger partial charge in [0.1, 0.15) is 17.8 Å². The molecule has 0 saturated heterocycles. The van der Waals surface area contributed by atoms with Crippen molar-refractivity contribution < 1.29 is 29.2 Å². The summed E-state index contributed by atoms with van der Waals surface area (Å²) in [6, 6.07) is 4.90. The highest BCUT2D eigenvalue weighted by Gasteiger charge is 2.23. The van der Waals surface area contributed by atoms with Gasteiger partial charge in [-0.1, -0.05) is 6.07 Å². The lowest BCUT2D eigenvalue weighted by molar-refractivity contribution is 0.0128. The number of aliphatic hydroxyl groups excluding tert-OH is 2. The van der Waals surface area contributed by atoms with Crippen molar-refractivity contribution in [2.75, 3.05) is 13.3 Å². The summed E-state index contributed by atoms with van der Waals surface area (Å²) < 4.78 is 15.5. The highest BCUT2D eigenvalue weighted by Crippen LogP contribution is 2.34. The van der Waals surface area contributed by atoms with Crippen LogP contribution in [-0.2, 0) is 4.74 Å². The first-order valence-electron chi connectivity index (χ1n) is 6.99. The zero-order valence-corrected chi connectivity index (χ0v) is 12.8. The summed E-state index contributed by atoms with van der Waals surface area (Å²) in [4.78, 5) is 11.5. The molecule has 0 radical (unpaired) electrons. The Morgan fingerprint density at radius 3 is 2.68 bits per heavy atom. The standard InChI is InChI=1S/C15H21NO6/c1-15(2,3)22-14(19)16-7-10(17)13(18)9-4-5-11-12(6-9)21-8-20-11/h4-6,10,13,17-18H,7-8H2,1-3H3,(H,16,19). The van der Waals surface area contributed by atoms with Gasteiger partial charge in [-0.2, -0.15) is 0 Å². The van der Waals surface area contributed by atoms with Gasteiger partial charge in [0.05, 0.1) is 0 Å². The summed E-state index contributed by atoms with van der Waals surface area (Å²) >= 11 is 0. The van der Waals surface area contributed by atoms with Gasteiger partial charge >= 0.3 is 6.09 Å². The Morgan fingerprint density at radius 2 is 2.00 bits per heavy atom. The van der Waals surface area contributed by atoms with Crippen molar-refractivity contribution in [1.82, 2.24) is 5.32 Å². The van der Waals surface area contributed by atoms with E-state index >= 15 is 0 Å². The summed E-state index contributed by atoms with van der Waals surface area (Å²) in [7, 11) is 0. The number of fused-ring (bicyclic) bond motifs is 1. The number of hydrogen-bond acceptors (Lipinski definition) is 6. The average molecular weight is 311 g/mol. The van der Waals surface area contributed by atoms with Gasteiger partial charge in [0.2, 0.25) is 6.79 Å². The molecule has 2 atom stereocenters. The monoisotopic (exact) mass is 311 g/mol. The van der Waals surface area contributed by atoms with Crippen LogP contribution in [0.1, 0.15) is 32.4 Å². The topological polar surface area (TPSA) is 97.3 Å². The summed E-state index contributed by atoms with van der Waals surface area (Å²) in [6.07, 6.45) is -2.98. The van der Waals surface area contributed by atoms with E-state index in [1.807, 2.05) is 0 Å². The number of nitrogens with one attached hydrogen (secondary N) is 1. The van der Waals surface area contributed by atoms with Crippen LogP contribution in [0, 0.1) is 0 Å². The van der Waals surface area contributed by atoms with Gasteiger partial charge < -0.3 is 29.7 Å². The Morgan fingerprint density at radius 1 is 1.32 bits per heavy atom.